The maximum Gasteiger partial charge on any atom is 0.303 e. The minimum Gasteiger partial charge on any atom is -0.481 e. The Labute approximate surface area is 106 Å². The number of rotatable bonds is 7. The third-order valence-electron chi connectivity index (χ3n) is 3.19. The van der Waals surface area contributed by atoms with E-state index in [9.17, 15) is 4.79 Å². The van der Waals surface area contributed by atoms with Gasteiger partial charge in [-0.15, -0.1) is 5.10 Å². The lowest BCUT2D eigenvalue weighted by molar-refractivity contribution is -0.139. The third kappa shape index (κ3) is 3.25. The van der Waals surface area contributed by atoms with Gasteiger partial charge in [0.1, 0.15) is 0 Å². The predicted molar refractivity (Wildman–Crippen MR) is 63.7 cm³/mol. The van der Waals surface area contributed by atoms with E-state index in [2.05, 4.69) is 27.3 Å². The molecule has 0 saturated carbocycles. The molecule has 0 unspecified atom stereocenters. The van der Waals surface area contributed by atoms with Gasteiger partial charge in [-0.05, 0) is 22.8 Å². The van der Waals surface area contributed by atoms with E-state index in [1.807, 2.05) is 4.68 Å². The van der Waals surface area contributed by atoms with Crippen molar-refractivity contribution in [2.75, 3.05) is 13.1 Å². The smallest absolute Gasteiger partial charge is 0.303 e. The average molecular weight is 253 g/mol. The Balaban J connectivity index is 1.77. The summed E-state index contributed by atoms with van der Waals surface area (Å²) in [5, 5.41) is 20.4. The van der Waals surface area contributed by atoms with Crippen molar-refractivity contribution >= 4 is 5.97 Å². The van der Waals surface area contributed by atoms with Crippen molar-refractivity contribution in [3.63, 3.8) is 0 Å². The van der Waals surface area contributed by atoms with E-state index in [4.69, 9.17) is 5.11 Å². The van der Waals surface area contributed by atoms with Gasteiger partial charge in [0.05, 0.1) is 13.0 Å². The molecule has 0 amide bonds. The van der Waals surface area contributed by atoms with Crippen LogP contribution in [0, 0.1) is 5.92 Å². The van der Waals surface area contributed by atoms with Gasteiger partial charge in [0.25, 0.3) is 0 Å². The maximum absolute atomic E-state index is 10.5. The monoisotopic (exact) mass is 253 g/mol. The molecule has 1 aromatic heterocycles. The highest BCUT2D eigenvalue weighted by molar-refractivity contribution is 5.67. The number of carbonyl (C=O) groups is 1. The molecule has 100 valence electrons. The number of tetrazole rings is 1. The molecule has 0 atom stereocenters. The van der Waals surface area contributed by atoms with E-state index in [1.54, 1.807) is 0 Å². The highest BCUT2D eigenvalue weighted by Crippen LogP contribution is 2.20. The second-order valence-corrected chi connectivity index (χ2v) is 4.83. The van der Waals surface area contributed by atoms with Crippen molar-refractivity contribution < 1.29 is 9.90 Å². The Bertz CT molecular complexity index is 400. The molecule has 7 heteroatoms. The molecule has 1 fully saturated rings. The van der Waals surface area contributed by atoms with Crippen LogP contribution in [0.3, 0.4) is 0 Å². The van der Waals surface area contributed by atoms with E-state index in [0.29, 0.717) is 6.54 Å². The summed E-state index contributed by atoms with van der Waals surface area (Å²) in [5.74, 6) is 0.437. The fourth-order valence-corrected chi connectivity index (χ4v) is 2.20. The van der Waals surface area contributed by atoms with Gasteiger partial charge in [-0.1, -0.05) is 13.3 Å². The number of likely N-dealkylation sites (tertiary alicyclic amines) is 1. The van der Waals surface area contributed by atoms with E-state index in [-0.39, 0.29) is 12.3 Å². The topological polar surface area (TPSA) is 84.1 Å². The summed E-state index contributed by atoms with van der Waals surface area (Å²) < 4.78 is 1.84. The normalized spacial score (nSPS) is 16.7. The number of aliphatic carboxylic acids is 1. The number of carboxylic acids is 1. The molecule has 1 aliphatic heterocycles. The van der Waals surface area contributed by atoms with Crippen molar-refractivity contribution in [1.29, 1.82) is 0 Å². The fourth-order valence-electron chi connectivity index (χ4n) is 2.20. The van der Waals surface area contributed by atoms with Gasteiger partial charge in [0.2, 0.25) is 0 Å². The van der Waals surface area contributed by atoms with Crippen LogP contribution in [-0.4, -0.2) is 49.3 Å². The molecule has 0 aromatic carbocycles. The highest BCUT2D eigenvalue weighted by Gasteiger charge is 2.29. The SMILES string of the molecule is CCCCn1nnnc1CN1CC(CC(=O)O)C1. The van der Waals surface area contributed by atoms with E-state index >= 15 is 0 Å². The number of hydrogen-bond donors (Lipinski definition) is 1. The zero-order valence-corrected chi connectivity index (χ0v) is 10.6. The maximum atomic E-state index is 10.5. The van der Waals surface area contributed by atoms with E-state index in [0.717, 1.165) is 38.3 Å². The summed E-state index contributed by atoms with van der Waals surface area (Å²) in [7, 11) is 0. The Morgan fingerprint density at radius 1 is 1.50 bits per heavy atom. The molecule has 7 nitrogen and oxygen atoms in total. The number of aromatic nitrogens is 4. The average Bonchev–Trinajstić information content (AvgIpc) is 2.70. The molecule has 18 heavy (non-hydrogen) atoms. The van der Waals surface area contributed by atoms with E-state index in [1.165, 1.54) is 0 Å². The van der Waals surface area contributed by atoms with Gasteiger partial charge in [-0.2, -0.15) is 0 Å². The quantitative estimate of drug-likeness (QED) is 0.756. The van der Waals surface area contributed by atoms with Crippen LogP contribution in [0.2, 0.25) is 0 Å². The Morgan fingerprint density at radius 3 is 2.94 bits per heavy atom. The molecule has 1 saturated heterocycles. The lowest BCUT2D eigenvalue weighted by Crippen LogP contribution is -2.47. The summed E-state index contributed by atoms with van der Waals surface area (Å²) >= 11 is 0. The molecule has 1 aromatic rings. The van der Waals surface area contributed by atoms with Crippen LogP contribution in [0.25, 0.3) is 0 Å². The number of hydrogen-bond acceptors (Lipinski definition) is 5. The molecule has 0 aliphatic carbocycles. The van der Waals surface area contributed by atoms with Crippen molar-refractivity contribution in [1.82, 2.24) is 25.1 Å². The zero-order chi connectivity index (χ0) is 13.0. The highest BCUT2D eigenvalue weighted by atomic mass is 16.4. The van der Waals surface area contributed by atoms with Crippen LogP contribution in [-0.2, 0) is 17.9 Å². The molecule has 0 bridgehead atoms. The van der Waals surface area contributed by atoms with Crippen LogP contribution in [0.4, 0.5) is 0 Å². The Hall–Kier alpha value is -1.50. The largest absolute Gasteiger partial charge is 0.481 e. The molecule has 1 N–H and O–H groups in total. The Morgan fingerprint density at radius 2 is 2.28 bits per heavy atom. The molecule has 0 radical (unpaired) electrons. The number of aryl methyl sites for hydroxylation is 1. The second-order valence-electron chi connectivity index (χ2n) is 4.83. The first kappa shape index (κ1) is 12.9. The summed E-state index contributed by atoms with van der Waals surface area (Å²) in [6.45, 7) is 5.36. The van der Waals surface area contributed by atoms with Crippen LogP contribution >= 0.6 is 0 Å². The lowest BCUT2D eigenvalue weighted by Gasteiger charge is -2.37. The molecule has 2 heterocycles. The van der Waals surface area contributed by atoms with Gasteiger partial charge < -0.3 is 5.11 Å². The molecular formula is C11H19N5O2. The third-order valence-corrected chi connectivity index (χ3v) is 3.19. The van der Waals surface area contributed by atoms with Crippen LogP contribution in [0.15, 0.2) is 0 Å². The van der Waals surface area contributed by atoms with Gasteiger partial charge in [-0.3, -0.25) is 9.69 Å². The number of carboxylic acid groups (broad SMARTS) is 1. The second kappa shape index (κ2) is 5.90. The fraction of sp³-hybridized carbons (Fsp3) is 0.818. The summed E-state index contributed by atoms with van der Waals surface area (Å²) in [5.41, 5.74) is 0. The van der Waals surface area contributed by atoms with Crippen molar-refractivity contribution in [3.8, 4) is 0 Å². The van der Waals surface area contributed by atoms with Crippen molar-refractivity contribution in [3.05, 3.63) is 5.82 Å². The first-order valence-corrected chi connectivity index (χ1v) is 6.38. The molecule has 0 spiro atoms. The number of unbranched alkanes of at least 4 members (excludes halogenated alkanes) is 1. The lowest BCUT2D eigenvalue weighted by atomic mass is 9.96. The minimum absolute atomic E-state index is 0.261. The zero-order valence-electron chi connectivity index (χ0n) is 10.6. The Kier molecular flexibility index (Phi) is 4.24. The summed E-state index contributed by atoms with van der Waals surface area (Å²) in [6, 6.07) is 0. The van der Waals surface area contributed by atoms with Crippen LogP contribution in [0.1, 0.15) is 32.0 Å². The van der Waals surface area contributed by atoms with E-state index < -0.39 is 5.97 Å². The summed E-state index contributed by atoms with van der Waals surface area (Å²) in [6.07, 6.45) is 2.45. The van der Waals surface area contributed by atoms with Crippen LogP contribution < -0.4 is 0 Å². The van der Waals surface area contributed by atoms with Crippen LogP contribution in [0.5, 0.6) is 0 Å². The van der Waals surface area contributed by atoms with Gasteiger partial charge >= 0.3 is 5.97 Å². The molecule has 2 rings (SSSR count). The standard InChI is InChI=1S/C11H19N5O2/c1-2-3-4-16-10(12-13-14-16)8-15-6-9(7-15)5-11(17)18/h9H,2-8H2,1H3,(H,17,18). The first-order chi connectivity index (χ1) is 8.69. The van der Waals surface area contributed by atoms with Crippen molar-refractivity contribution in [2.24, 2.45) is 5.92 Å². The first-order valence-electron chi connectivity index (χ1n) is 6.38. The number of nitrogens with zero attached hydrogens (tertiary/aromatic N) is 5. The molecule has 1 aliphatic rings. The van der Waals surface area contributed by atoms with Gasteiger partial charge in [0.15, 0.2) is 5.82 Å². The molecular weight excluding hydrogens is 234 g/mol. The predicted octanol–water partition coefficient (Wildman–Crippen LogP) is 0.380. The minimum atomic E-state index is -0.715. The summed E-state index contributed by atoms with van der Waals surface area (Å²) in [4.78, 5) is 12.7. The van der Waals surface area contributed by atoms with Gasteiger partial charge in [-0.25, -0.2) is 4.68 Å². The van der Waals surface area contributed by atoms with Gasteiger partial charge in [0, 0.05) is 19.6 Å². The van der Waals surface area contributed by atoms with Crippen molar-refractivity contribution in [2.45, 2.75) is 39.3 Å².